The second-order valence-corrected chi connectivity index (χ2v) is 5.84. The molecular weight excluding hydrogens is 337 g/mol. The van der Waals surface area contributed by atoms with Gasteiger partial charge >= 0.3 is 0 Å². The van der Waals surface area contributed by atoms with E-state index in [0.717, 1.165) is 11.3 Å². The fourth-order valence-corrected chi connectivity index (χ4v) is 2.77. The zero-order valence-electron chi connectivity index (χ0n) is 11.2. The van der Waals surface area contributed by atoms with Gasteiger partial charge in [0.25, 0.3) is 0 Å². The normalized spacial score (nSPS) is 13.5. The van der Waals surface area contributed by atoms with Gasteiger partial charge < -0.3 is 4.90 Å². The first-order valence-electron chi connectivity index (χ1n) is 6.36. The van der Waals surface area contributed by atoms with Gasteiger partial charge in [-0.1, -0.05) is 15.9 Å². The number of fused-ring (bicyclic) bond motifs is 1. The molecule has 1 heterocycles. The van der Waals surface area contributed by atoms with Crippen molar-refractivity contribution < 1.29 is 14.0 Å². The van der Waals surface area contributed by atoms with Crippen LogP contribution in [-0.2, 0) is 11.2 Å². The minimum atomic E-state index is -0.567. The van der Waals surface area contributed by atoms with E-state index in [1.807, 2.05) is 0 Å². The van der Waals surface area contributed by atoms with Crippen molar-refractivity contribution in [2.24, 2.45) is 0 Å². The predicted octanol–water partition coefficient (Wildman–Crippen LogP) is 3.34. The number of carbonyl (C=O) groups is 2. The lowest BCUT2D eigenvalue weighted by molar-refractivity contribution is -0.117. The molecule has 0 bridgehead atoms. The summed E-state index contributed by atoms with van der Waals surface area (Å²) in [6.45, 7) is 0. The molecule has 0 unspecified atom stereocenters. The number of rotatable bonds is 2. The number of likely N-dealkylation sites (N-methyl/N-ethyl adjacent to an activating group) is 1. The van der Waals surface area contributed by atoms with E-state index in [-0.39, 0.29) is 23.7 Å². The topological polar surface area (TPSA) is 37.4 Å². The number of amides is 1. The second-order valence-electron chi connectivity index (χ2n) is 4.93. The molecule has 2 aromatic rings. The van der Waals surface area contributed by atoms with Gasteiger partial charge in [0.1, 0.15) is 5.82 Å². The first-order chi connectivity index (χ1) is 9.97. The number of hydrogen-bond donors (Lipinski definition) is 0. The lowest BCUT2D eigenvalue weighted by Gasteiger charge is -2.10. The number of carbonyl (C=O) groups excluding carboxylic acids is 2. The quantitative estimate of drug-likeness (QED) is 0.781. The smallest absolute Gasteiger partial charge is 0.231 e. The van der Waals surface area contributed by atoms with Crippen LogP contribution in [0, 0.1) is 5.82 Å². The van der Waals surface area contributed by atoms with Crippen LogP contribution in [0.2, 0.25) is 0 Å². The van der Waals surface area contributed by atoms with Crippen LogP contribution in [0.15, 0.2) is 40.9 Å². The molecule has 0 N–H and O–H groups in total. The minimum absolute atomic E-state index is 0.00980. The molecule has 0 saturated heterocycles. The Kier molecular flexibility index (Phi) is 3.37. The lowest BCUT2D eigenvalue weighted by Crippen LogP contribution is -2.20. The molecule has 3 rings (SSSR count). The summed E-state index contributed by atoms with van der Waals surface area (Å²) in [5.41, 5.74) is 2.01. The Hall–Kier alpha value is -2.01. The van der Waals surface area contributed by atoms with E-state index in [1.54, 1.807) is 36.2 Å². The van der Waals surface area contributed by atoms with Crippen molar-refractivity contribution in [3.8, 4) is 0 Å². The molecule has 1 amide bonds. The highest BCUT2D eigenvalue weighted by molar-refractivity contribution is 9.10. The molecule has 106 valence electrons. The standard InChI is InChI=1S/C16H11BrFNO2/c1-19-14-5-2-9(6-10(14)7-15(19)20)16(21)12-4-3-11(17)8-13(12)18/h2-6,8H,7H2,1H3. The molecule has 0 atom stereocenters. The maximum Gasteiger partial charge on any atom is 0.231 e. The van der Waals surface area contributed by atoms with E-state index in [9.17, 15) is 14.0 Å². The summed E-state index contributed by atoms with van der Waals surface area (Å²) in [5, 5.41) is 0. The average molecular weight is 348 g/mol. The van der Waals surface area contributed by atoms with Crippen molar-refractivity contribution in [2.75, 3.05) is 11.9 Å². The SMILES string of the molecule is CN1C(=O)Cc2cc(C(=O)c3ccc(Br)cc3F)ccc21. The van der Waals surface area contributed by atoms with E-state index < -0.39 is 5.82 Å². The van der Waals surface area contributed by atoms with Crippen molar-refractivity contribution in [1.29, 1.82) is 0 Å². The highest BCUT2D eigenvalue weighted by atomic mass is 79.9. The maximum absolute atomic E-state index is 13.9. The summed E-state index contributed by atoms with van der Waals surface area (Å²) >= 11 is 3.16. The van der Waals surface area contributed by atoms with Gasteiger partial charge in [0.15, 0.2) is 5.78 Å². The molecule has 3 nitrogen and oxygen atoms in total. The number of anilines is 1. The first-order valence-corrected chi connectivity index (χ1v) is 7.16. The molecule has 1 aliphatic rings. The molecule has 21 heavy (non-hydrogen) atoms. The van der Waals surface area contributed by atoms with Crippen molar-refractivity contribution in [3.63, 3.8) is 0 Å². The lowest BCUT2D eigenvalue weighted by atomic mass is 10.00. The Balaban J connectivity index is 2.00. The summed E-state index contributed by atoms with van der Waals surface area (Å²) in [5.74, 6) is -0.961. The zero-order chi connectivity index (χ0) is 15.1. The molecule has 0 fully saturated rings. The van der Waals surface area contributed by atoms with Gasteiger partial charge in [-0.05, 0) is 42.0 Å². The van der Waals surface area contributed by atoms with Crippen LogP contribution in [-0.4, -0.2) is 18.7 Å². The number of ketones is 1. The van der Waals surface area contributed by atoms with Gasteiger partial charge in [-0.3, -0.25) is 9.59 Å². The maximum atomic E-state index is 13.9. The number of benzene rings is 2. The molecule has 2 aromatic carbocycles. The summed E-state index contributed by atoms with van der Waals surface area (Å²) < 4.78 is 14.5. The van der Waals surface area contributed by atoms with Crippen LogP contribution in [0.3, 0.4) is 0 Å². The van der Waals surface area contributed by atoms with Gasteiger partial charge in [0.2, 0.25) is 5.91 Å². The van der Waals surface area contributed by atoms with Crippen LogP contribution in [0.25, 0.3) is 0 Å². The fraction of sp³-hybridized carbons (Fsp3) is 0.125. The average Bonchev–Trinajstić information content (AvgIpc) is 2.73. The minimum Gasteiger partial charge on any atom is -0.315 e. The summed E-state index contributed by atoms with van der Waals surface area (Å²) in [4.78, 5) is 25.6. The monoisotopic (exact) mass is 347 g/mol. The Labute approximate surface area is 129 Å². The van der Waals surface area contributed by atoms with Crippen LogP contribution in [0.4, 0.5) is 10.1 Å². The molecule has 0 spiro atoms. The van der Waals surface area contributed by atoms with Crippen LogP contribution in [0.1, 0.15) is 21.5 Å². The third-order valence-electron chi connectivity index (χ3n) is 3.59. The Morgan fingerprint density at radius 1 is 1.24 bits per heavy atom. The zero-order valence-corrected chi connectivity index (χ0v) is 12.8. The Morgan fingerprint density at radius 3 is 2.71 bits per heavy atom. The third kappa shape index (κ3) is 2.38. The fourth-order valence-electron chi connectivity index (χ4n) is 2.44. The van der Waals surface area contributed by atoms with Crippen LogP contribution in [0.5, 0.6) is 0 Å². The summed E-state index contributed by atoms with van der Waals surface area (Å²) in [6.07, 6.45) is 0.274. The van der Waals surface area contributed by atoms with E-state index in [2.05, 4.69) is 15.9 Å². The molecule has 0 saturated carbocycles. The van der Waals surface area contributed by atoms with Crippen LogP contribution >= 0.6 is 15.9 Å². The molecule has 1 aliphatic heterocycles. The molecule has 5 heteroatoms. The molecule has 0 aliphatic carbocycles. The largest absolute Gasteiger partial charge is 0.315 e. The highest BCUT2D eigenvalue weighted by Gasteiger charge is 2.25. The molecular formula is C16H11BrFNO2. The second kappa shape index (κ2) is 5.07. The number of halogens is 2. The highest BCUT2D eigenvalue weighted by Crippen LogP contribution is 2.29. The van der Waals surface area contributed by atoms with E-state index in [0.29, 0.717) is 10.0 Å². The van der Waals surface area contributed by atoms with Crippen molar-refractivity contribution >= 4 is 33.3 Å². The van der Waals surface area contributed by atoms with Crippen molar-refractivity contribution in [3.05, 3.63) is 63.4 Å². The first kappa shape index (κ1) is 13.9. The van der Waals surface area contributed by atoms with E-state index in [4.69, 9.17) is 0 Å². The molecule has 0 aromatic heterocycles. The van der Waals surface area contributed by atoms with Gasteiger partial charge in [-0.25, -0.2) is 4.39 Å². The van der Waals surface area contributed by atoms with Gasteiger partial charge in [-0.15, -0.1) is 0 Å². The van der Waals surface area contributed by atoms with Gasteiger partial charge in [0.05, 0.1) is 12.0 Å². The molecule has 0 radical (unpaired) electrons. The van der Waals surface area contributed by atoms with Gasteiger partial charge in [0, 0.05) is 22.8 Å². The summed E-state index contributed by atoms with van der Waals surface area (Å²) in [6, 6.07) is 9.35. The predicted molar refractivity (Wildman–Crippen MR) is 81.1 cm³/mol. The van der Waals surface area contributed by atoms with Crippen molar-refractivity contribution in [1.82, 2.24) is 0 Å². The van der Waals surface area contributed by atoms with Crippen LogP contribution < -0.4 is 4.90 Å². The Bertz CT molecular complexity index is 773. The number of hydrogen-bond acceptors (Lipinski definition) is 2. The van der Waals surface area contributed by atoms with E-state index >= 15 is 0 Å². The third-order valence-corrected chi connectivity index (χ3v) is 4.09. The van der Waals surface area contributed by atoms with Crippen molar-refractivity contribution in [2.45, 2.75) is 6.42 Å². The van der Waals surface area contributed by atoms with Gasteiger partial charge in [-0.2, -0.15) is 0 Å². The number of nitrogens with zero attached hydrogens (tertiary/aromatic N) is 1. The Morgan fingerprint density at radius 2 is 2.00 bits per heavy atom. The van der Waals surface area contributed by atoms with E-state index in [1.165, 1.54) is 12.1 Å². The summed E-state index contributed by atoms with van der Waals surface area (Å²) in [7, 11) is 1.70.